The molecule has 2 heterocycles. The average Bonchev–Trinajstić information content (AvgIpc) is 3.04. The molecule has 0 aromatic carbocycles. The second-order valence-corrected chi connectivity index (χ2v) is 5.33. The molecule has 0 amide bonds. The quantitative estimate of drug-likeness (QED) is 0.755. The van der Waals surface area contributed by atoms with Gasteiger partial charge in [0.1, 0.15) is 0 Å². The Kier molecular flexibility index (Phi) is 2.97. The van der Waals surface area contributed by atoms with E-state index in [0.29, 0.717) is 6.04 Å². The Labute approximate surface area is 103 Å². The minimum atomic E-state index is 0.649. The topological polar surface area (TPSA) is 30.5 Å². The van der Waals surface area contributed by atoms with E-state index in [2.05, 4.69) is 46.2 Å². The van der Waals surface area contributed by atoms with Crippen LogP contribution in [0, 0.1) is 5.92 Å². The maximum absolute atomic E-state index is 3.36. The van der Waals surface area contributed by atoms with Crippen LogP contribution in [0.25, 0.3) is 0 Å². The van der Waals surface area contributed by atoms with Gasteiger partial charge in [-0.3, -0.25) is 5.01 Å². The molecular formula is C13H22N4. The summed E-state index contributed by atoms with van der Waals surface area (Å²) in [6.45, 7) is 3.44. The van der Waals surface area contributed by atoms with Crippen LogP contribution in [-0.4, -0.2) is 42.6 Å². The molecule has 0 unspecified atom stereocenters. The summed E-state index contributed by atoms with van der Waals surface area (Å²) in [6.07, 6.45) is 10.5. The molecule has 3 aliphatic rings. The molecule has 0 aromatic rings. The second-order valence-electron chi connectivity index (χ2n) is 5.33. The first-order chi connectivity index (χ1) is 8.35. The lowest BCUT2D eigenvalue weighted by Gasteiger charge is -2.29. The molecule has 4 nitrogen and oxygen atoms in total. The molecular weight excluding hydrogens is 212 g/mol. The van der Waals surface area contributed by atoms with Gasteiger partial charge in [0, 0.05) is 38.1 Å². The zero-order valence-electron chi connectivity index (χ0n) is 10.5. The highest BCUT2D eigenvalue weighted by molar-refractivity contribution is 5.20. The zero-order chi connectivity index (χ0) is 11.7. The molecule has 2 fully saturated rings. The molecule has 0 radical (unpaired) electrons. The fourth-order valence-electron chi connectivity index (χ4n) is 2.56. The van der Waals surface area contributed by atoms with Gasteiger partial charge in [-0.25, -0.2) is 0 Å². The van der Waals surface area contributed by atoms with E-state index in [1.54, 1.807) is 0 Å². The normalized spacial score (nSPS) is 28.3. The minimum Gasteiger partial charge on any atom is -0.369 e. The van der Waals surface area contributed by atoms with Gasteiger partial charge in [0.2, 0.25) is 0 Å². The van der Waals surface area contributed by atoms with E-state index in [1.807, 2.05) is 0 Å². The Morgan fingerprint density at radius 2 is 2.29 bits per heavy atom. The molecule has 94 valence electrons. The summed E-state index contributed by atoms with van der Waals surface area (Å²) in [7, 11) is 2.06. The number of likely N-dealkylation sites (N-methyl/N-ethyl adjacent to an activating group) is 1. The van der Waals surface area contributed by atoms with Crippen LogP contribution in [0.2, 0.25) is 0 Å². The van der Waals surface area contributed by atoms with Crippen molar-refractivity contribution in [1.82, 2.24) is 20.7 Å². The lowest BCUT2D eigenvalue weighted by atomic mass is 10.3. The van der Waals surface area contributed by atoms with Gasteiger partial charge in [0.05, 0.1) is 5.70 Å². The summed E-state index contributed by atoms with van der Waals surface area (Å²) in [5, 5.41) is 5.60. The molecule has 0 aromatic heterocycles. The van der Waals surface area contributed by atoms with Crippen LogP contribution < -0.4 is 10.7 Å². The van der Waals surface area contributed by atoms with E-state index in [4.69, 9.17) is 0 Å². The Balaban J connectivity index is 1.61. The van der Waals surface area contributed by atoms with E-state index in [-0.39, 0.29) is 0 Å². The molecule has 1 saturated carbocycles. The summed E-state index contributed by atoms with van der Waals surface area (Å²) in [5.41, 5.74) is 4.65. The van der Waals surface area contributed by atoms with Crippen LogP contribution in [0.3, 0.4) is 0 Å². The van der Waals surface area contributed by atoms with Gasteiger partial charge in [0.25, 0.3) is 0 Å². The lowest BCUT2D eigenvalue weighted by molar-refractivity contribution is 0.282. The molecule has 1 atom stereocenters. The third-order valence-electron chi connectivity index (χ3n) is 3.90. The second kappa shape index (κ2) is 4.61. The lowest BCUT2D eigenvalue weighted by Crippen LogP contribution is -2.36. The third-order valence-corrected chi connectivity index (χ3v) is 3.90. The predicted molar refractivity (Wildman–Crippen MR) is 68.8 cm³/mol. The van der Waals surface area contributed by atoms with Crippen molar-refractivity contribution in [2.75, 3.05) is 26.7 Å². The van der Waals surface area contributed by atoms with Crippen molar-refractivity contribution in [3.63, 3.8) is 0 Å². The highest BCUT2D eigenvalue weighted by atomic mass is 15.5. The number of hydrazine groups is 1. The molecule has 3 rings (SSSR count). The molecule has 2 aliphatic heterocycles. The smallest absolute Gasteiger partial charge is 0.0563 e. The van der Waals surface area contributed by atoms with Crippen molar-refractivity contribution >= 4 is 0 Å². The number of likely N-dealkylation sites (tertiary alicyclic amines) is 1. The number of nitrogens with one attached hydrogen (secondary N) is 2. The maximum Gasteiger partial charge on any atom is 0.0563 e. The molecule has 17 heavy (non-hydrogen) atoms. The van der Waals surface area contributed by atoms with Crippen molar-refractivity contribution in [3.8, 4) is 0 Å². The van der Waals surface area contributed by atoms with Gasteiger partial charge in [0.15, 0.2) is 0 Å². The van der Waals surface area contributed by atoms with Gasteiger partial charge in [-0.1, -0.05) is 0 Å². The molecule has 0 spiro atoms. The highest BCUT2D eigenvalue weighted by Gasteiger charge is 2.26. The van der Waals surface area contributed by atoms with Gasteiger partial charge in [-0.15, -0.1) is 0 Å². The third kappa shape index (κ3) is 2.57. The van der Waals surface area contributed by atoms with Crippen molar-refractivity contribution in [1.29, 1.82) is 0 Å². The largest absolute Gasteiger partial charge is 0.369 e. The van der Waals surface area contributed by atoms with E-state index in [9.17, 15) is 0 Å². The summed E-state index contributed by atoms with van der Waals surface area (Å²) in [5.74, 6) is 0.912. The van der Waals surface area contributed by atoms with Gasteiger partial charge >= 0.3 is 0 Å². The Hall–Kier alpha value is -1.16. The Bertz CT molecular complexity index is 332. The van der Waals surface area contributed by atoms with Crippen LogP contribution in [-0.2, 0) is 0 Å². The van der Waals surface area contributed by atoms with Crippen LogP contribution >= 0.6 is 0 Å². The number of hydrogen-bond donors (Lipinski definition) is 2. The highest BCUT2D eigenvalue weighted by Crippen LogP contribution is 2.30. The molecule has 0 bridgehead atoms. The monoisotopic (exact) mass is 234 g/mol. The molecule has 2 N–H and O–H groups in total. The average molecular weight is 234 g/mol. The van der Waals surface area contributed by atoms with Crippen molar-refractivity contribution in [2.24, 2.45) is 5.92 Å². The summed E-state index contributed by atoms with van der Waals surface area (Å²) < 4.78 is 0. The fraction of sp³-hybridized carbons (Fsp3) is 0.692. The first-order valence-electron chi connectivity index (χ1n) is 6.68. The summed E-state index contributed by atoms with van der Waals surface area (Å²) in [4.78, 5) is 2.47. The van der Waals surface area contributed by atoms with Crippen LogP contribution in [0.15, 0.2) is 24.2 Å². The molecule has 1 saturated heterocycles. The Morgan fingerprint density at radius 3 is 3.00 bits per heavy atom. The standard InChI is InChI=1S/C13H22N4/c1-14-12-5-7-16(9-12)13-4-6-15-17(10-13)8-11-2-3-11/h4,6,10-12,14-15H,2-3,5,7-9H2,1H3/t12-/m1/s1. The van der Waals surface area contributed by atoms with E-state index in [0.717, 1.165) is 19.0 Å². The summed E-state index contributed by atoms with van der Waals surface area (Å²) >= 11 is 0. The number of rotatable bonds is 4. The SMILES string of the molecule is CN[C@@H]1CCN(C2=CN(CC3CC3)NC=C2)C1. The maximum atomic E-state index is 3.36. The first-order valence-corrected chi connectivity index (χ1v) is 6.68. The molecule has 4 heteroatoms. The molecule has 1 aliphatic carbocycles. The zero-order valence-corrected chi connectivity index (χ0v) is 10.5. The van der Waals surface area contributed by atoms with Gasteiger partial charge < -0.3 is 15.6 Å². The predicted octanol–water partition coefficient (Wildman–Crippen LogP) is 0.865. The van der Waals surface area contributed by atoms with E-state index in [1.165, 1.54) is 31.5 Å². The van der Waals surface area contributed by atoms with Crippen LogP contribution in [0.1, 0.15) is 19.3 Å². The van der Waals surface area contributed by atoms with Crippen LogP contribution in [0.4, 0.5) is 0 Å². The van der Waals surface area contributed by atoms with Crippen LogP contribution in [0.5, 0.6) is 0 Å². The van der Waals surface area contributed by atoms with Gasteiger partial charge in [-0.2, -0.15) is 0 Å². The van der Waals surface area contributed by atoms with Gasteiger partial charge in [-0.05, 0) is 38.3 Å². The number of hydrogen-bond acceptors (Lipinski definition) is 4. The van der Waals surface area contributed by atoms with Crippen molar-refractivity contribution in [3.05, 3.63) is 24.2 Å². The van der Waals surface area contributed by atoms with Crippen molar-refractivity contribution < 1.29 is 0 Å². The fourth-order valence-corrected chi connectivity index (χ4v) is 2.56. The minimum absolute atomic E-state index is 0.649. The van der Waals surface area contributed by atoms with E-state index >= 15 is 0 Å². The Morgan fingerprint density at radius 1 is 1.41 bits per heavy atom. The number of nitrogens with zero attached hydrogens (tertiary/aromatic N) is 2. The van der Waals surface area contributed by atoms with Crippen molar-refractivity contribution in [2.45, 2.75) is 25.3 Å². The summed E-state index contributed by atoms with van der Waals surface area (Å²) in [6, 6.07) is 0.649. The first kappa shape index (κ1) is 11.0. The number of allylic oxidation sites excluding steroid dienone is 1. The van der Waals surface area contributed by atoms with E-state index < -0.39 is 0 Å².